The van der Waals surface area contributed by atoms with Crippen LogP contribution in [0.2, 0.25) is 0 Å². The summed E-state index contributed by atoms with van der Waals surface area (Å²) in [5.41, 5.74) is 28.9. The van der Waals surface area contributed by atoms with Gasteiger partial charge in [-0.15, -0.1) is 0 Å². The van der Waals surface area contributed by atoms with Gasteiger partial charge in [-0.05, 0) is 128 Å². The van der Waals surface area contributed by atoms with Crippen molar-refractivity contribution in [3.63, 3.8) is 0 Å². The van der Waals surface area contributed by atoms with Crippen LogP contribution in [0.5, 0.6) is 0 Å². The molecule has 0 saturated heterocycles. The van der Waals surface area contributed by atoms with Crippen molar-refractivity contribution in [2.45, 2.75) is 0 Å². The largest absolute Gasteiger partial charge is 0.311 e. The summed E-state index contributed by atoms with van der Waals surface area (Å²) in [7, 11) is 0. The van der Waals surface area contributed by atoms with Crippen molar-refractivity contribution in [2.24, 2.45) is 0 Å². The summed E-state index contributed by atoms with van der Waals surface area (Å²) >= 11 is 0. The zero-order chi connectivity index (χ0) is 58.5. The summed E-state index contributed by atoms with van der Waals surface area (Å²) in [5.74, 6) is 0. The van der Waals surface area contributed by atoms with Crippen molar-refractivity contribution in [3.8, 4) is 67.0 Å². The van der Waals surface area contributed by atoms with Crippen LogP contribution in [0.25, 0.3) is 111 Å². The molecule has 5 heteroatoms. The molecule has 16 aromatic rings. The zero-order valence-electron chi connectivity index (χ0n) is 48.6. The molecule has 414 valence electrons. The first-order chi connectivity index (χ1) is 44.2. The van der Waals surface area contributed by atoms with Gasteiger partial charge >= 0.3 is 0 Å². The lowest BCUT2D eigenvalue weighted by molar-refractivity contribution is 1.16. The van der Waals surface area contributed by atoms with Crippen molar-refractivity contribution in [1.29, 1.82) is 0 Å². The van der Waals surface area contributed by atoms with Crippen molar-refractivity contribution >= 4 is 101 Å². The highest BCUT2D eigenvalue weighted by Crippen LogP contribution is 2.52. The van der Waals surface area contributed by atoms with Crippen molar-refractivity contribution < 1.29 is 0 Å². The van der Waals surface area contributed by atoms with E-state index in [0.717, 1.165) is 101 Å². The van der Waals surface area contributed by atoms with Crippen LogP contribution in [0, 0.1) is 0 Å². The van der Waals surface area contributed by atoms with Gasteiger partial charge in [0.05, 0.1) is 39.1 Å². The van der Waals surface area contributed by atoms with Gasteiger partial charge < -0.3 is 18.9 Å². The van der Waals surface area contributed by atoms with Crippen molar-refractivity contribution in [1.82, 2.24) is 9.13 Å². The monoisotopic (exact) mass is 1130 g/mol. The first-order valence-corrected chi connectivity index (χ1v) is 30.8. The van der Waals surface area contributed by atoms with Gasteiger partial charge in [-0.2, -0.15) is 0 Å². The van der Waals surface area contributed by atoms with Crippen LogP contribution in [0.3, 0.4) is 0 Å². The Kier molecular flexibility index (Phi) is 11.7. The Morgan fingerprint density at radius 3 is 1.19 bits per heavy atom. The number of aromatic nitrogens is 2. The second-order valence-corrected chi connectivity index (χ2v) is 23.5. The van der Waals surface area contributed by atoms with Crippen LogP contribution in [0.1, 0.15) is 0 Å². The van der Waals surface area contributed by atoms with Gasteiger partial charge in [-0.1, -0.05) is 267 Å². The van der Waals surface area contributed by atoms with Gasteiger partial charge in [-0.3, -0.25) is 0 Å². The number of rotatable bonds is 9. The molecule has 0 unspecified atom stereocenters. The predicted octanol–water partition coefficient (Wildman–Crippen LogP) is 20.3. The molecule has 18 rings (SSSR count). The Hall–Kier alpha value is -11.7. The van der Waals surface area contributed by atoms with E-state index < -0.39 is 0 Å². The van der Waals surface area contributed by atoms with Gasteiger partial charge in [0.2, 0.25) is 0 Å². The molecule has 4 nitrogen and oxygen atoms in total. The molecule has 2 aromatic heterocycles. The standard InChI is InChI=1S/C84H55BN4/c1-6-25-56(26-7-1)61-35-22-37-64(51-61)86-77-49-47-63(58-29-10-3-11-30-58)53-73(77)85-72-48-50-78-81(71-41-18-21-46-76(71)89(78)83-67(59-31-12-4-13-32-59)42-24-43-68(83)60-33-14-5-15-34-60)84(72)88(65-38-23-36-62(52-65)57-27-8-2-9-28-57)80-55-66(54-79(86)82(80)85)87-74-44-19-16-39-69(74)70-40-17-20-45-75(70)87/h1-55H. The molecule has 0 saturated carbocycles. The molecule has 0 amide bonds. The van der Waals surface area contributed by atoms with E-state index in [2.05, 4.69) is 353 Å². The molecule has 4 heterocycles. The SMILES string of the molecule is c1ccc(-c2cccc(N3c4ccc(-c5ccccc5)cc4B4c5ccc6c(c5N(c5cccc(-c7ccccc7)c5)c5cc(-n7c8ccccc8c8ccccc87)cc3c54)c3ccccc3n6-c3c(-c4ccccc4)cccc3-c3ccccc3)c2)cc1. The minimum Gasteiger partial charge on any atom is -0.311 e. The highest BCUT2D eigenvalue weighted by Gasteiger charge is 2.45. The van der Waals surface area contributed by atoms with Gasteiger partial charge in [0, 0.05) is 61.1 Å². The number of para-hydroxylation sites is 4. The third kappa shape index (κ3) is 8.02. The summed E-state index contributed by atoms with van der Waals surface area (Å²) in [5, 5.41) is 4.81. The lowest BCUT2D eigenvalue weighted by atomic mass is 9.33. The Bertz CT molecular complexity index is 5330. The second-order valence-electron chi connectivity index (χ2n) is 23.5. The van der Waals surface area contributed by atoms with Crippen LogP contribution in [0.4, 0.5) is 34.1 Å². The molecular formula is C84H55BN4. The molecule has 2 aliphatic rings. The third-order valence-corrected chi connectivity index (χ3v) is 18.6. The molecule has 0 bridgehead atoms. The fourth-order valence-electron chi connectivity index (χ4n) is 14.8. The minimum atomic E-state index is -0.203. The van der Waals surface area contributed by atoms with E-state index in [4.69, 9.17) is 0 Å². The minimum absolute atomic E-state index is 0.203. The predicted molar refractivity (Wildman–Crippen MR) is 376 cm³/mol. The highest BCUT2D eigenvalue weighted by molar-refractivity contribution is 7.00. The lowest BCUT2D eigenvalue weighted by Gasteiger charge is -2.45. The van der Waals surface area contributed by atoms with Crippen molar-refractivity contribution in [2.75, 3.05) is 9.80 Å². The van der Waals surface area contributed by atoms with E-state index in [1.54, 1.807) is 0 Å². The molecular weight excluding hydrogens is 1080 g/mol. The molecule has 89 heavy (non-hydrogen) atoms. The van der Waals surface area contributed by atoms with Crippen LogP contribution in [0.15, 0.2) is 334 Å². The lowest BCUT2D eigenvalue weighted by Crippen LogP contribution is -2.61. The van der Waals surface area contributed by atoms with Crippen LogP contribution in [-0.4, -0.2) is 15.8 Å². The Labute approximate surface area is 517 Å². The van der Waals surface area contributed by atoms with Crippen LogP contribution < -0.4 is 26.2 Å². The van der Waals surface area contributed by atoms with Gasteiger partial charge in [0.1, 0.15) is 0 Å². The van der Waals surface area contributed by atoms with Gasteiger partial charge in [-0.25, -0.2) is 0 Å². The molecule has 0 aliphatic carbocycles. The van der Waals surface area contributed by atoms with Crippen LogP contribution in [-0.2, 0) is 0 Å². The number of fused-ring (bicyclic) bond motifs is 11. The summed E-state index contributed by atoms with van der Waals surface area (Å²) in [6.07, 6.45) is 0. The maximum Gasteiger partial charge on any atom is 0.252 e. The molecule has 0 radical (unpaired) electrons. The van der Waals surface area contributed by atoms with E-state index >= 15 is 0 Å². The topological polar surface area (TPSA) is 16.3 Å². The smallest absolute Gasteiger partial charge is 0.252 e. The van der Waals surface area contributed by atoms with E-state index in [1.807, 2.05) is 0 Å². The molecule has 2 aliphatic heterocycles. The number of anilines is 6. The Balaban J connectivity index is 1.01. The molecule has 0 fully saturated rings. The zero-order valence-corrected chi connectivity index (χ0v) is 48.6. The van der Waals surface area contributed by atoms with E-state index in [0.29, 0.717) is 0 Å². The maximum atomic E-state index is 2.65. The molecule has 0 atom stereocenters. The van der Waals surface area contributed by atoms with Crippen LogP contribution >= 0.6 is 0 Å². The maximum absolute atomic E-state index is 2.65. The van der Waals surface area contributed by atoms with E-state index in [-0.39, 0.29) is 6.71 Å². The highest BCUT2D eigenvalue weighted by atomic mass is 15.2. The van der Waals surface area contributed by atoms with Gasteiger partial charge in [0.25, 0.3) is 6.71 Å². The Morgan fingerprint density at radius 2 is 0.652 bits per heavy atom. The average Bonchev–Trinajstić information content (AvgIpc) is 1.70. The Morgan fingerprint density at radius 1 is 0.225 bits per heavy atom. The fraction of sp³-hybridized carbons (Fsp3) is 0. The summed E-state index contributed by atoms with van der Waals surface area (Å²) in [6.45, 7) is -0.203. The first kappa shape index (κ1) is 50.6. The molecule has 0 N–H and O–H groups in total. The summed E-state index contributed by atoms with van der Waals surface area (Å²) < 4.78 is 5.09. The quantitative estimate of drug-likeness (QED) is 0.134. The van der Waals surface area contributed by atoms with Crippen molar-refractivity contribution in [3.05, 3.63) is 334 Å². The number of hydrogen-bond donors (Lipinski definition) is 0. The first-order valence-electron chi connectivity index (χ1n) is 30.8. The fourth-order valence-corrected chi connectivity index (χ4v) is 14.8. The molecule has 0 spiro atoms. The molecule has 14 aromatic carbocycles. The number of benzene rings is 14. The van der Waals surface area contributed by atoms with E-state index in [1.165, 1.54) is 60.3 Å². The third-order valence-electron chi connectivity index (χ3n) is 18.6. The van der Waals surface area contributed by atoms with E-state index in [9.17, 15) is 0 Å². The average molecular weight is 1130 g/mol. The number of nitrogens with zero attached hydrogens (tertiary/aromatic N) is 4. The number of hydrogen-bond acceptors (Lipinski definition) is 2. The summed E-state index contributed by atoms with van der Waals surface area (Å²) in [6, 6.07) is 124. The summed E-state index contributed by atoms with van der Waals surface area (Å²) in [4.78, 5) is 5.22. The van der Waals surface area contributed by atoms with Gasteiger partial charge in [0.15, 0.2) is 0 Å². The second kappa shape index (κ2) is 20.5. The normalized spacial score (nSPS) is 12.4.